The van der Waals surface area contributed by atoms with Crippen LogP contribution in [0, 0.1) is 0 Å². The van der Waals surface area contributed by atoms with Crippen molar-refractivity contribution in [3.63, 3.8) is 0 Å². The largest absolute Gasteiger partial charge is 0.325 e. The van der Waals surface area contributed by atoms with Gasteiger partial charge in [0.05, 0.1) is 18.3 Å². The van der Waals surface area contributed by atoms with Gasteiger partial charge in [0.15, 0.2) is 0 Å². The molecule has 2 rings (SSSR count). The summed E-state index contributed by atoms with van der Waals surface area (Å²) >= 11 is 0. The summed E-state index contributed by atoms with van der Waals surface area (Å²) in [6.45, 7) is 3.27. The number of hydrogen-bond donors (Lipinski definition) is 3. The molecule has 3 N–H and O–H groups in total. The number of H-pyrrole nitrogens is 1. The number of anilines is 1. The first kappa shape index (κ1) is 11.6. The molecular formula is C12H16N4O. The minimum atomic E-state index is -0.0266. The number of amides is 1. The molecule has 5 nitrogen and oxygen atoms in total. The van der Waals surface area contributed by atoms with E-state index in [9.17, 15) is 4.79 Å². The quantitative estimate of drug-likeness (QED) is 0.684. The van der Waals surface area contributed by atoms with Gasteiger partial charge in [0.2, 0.25) is 5.91 Å². The third-order valence-corrected chi connectivity index (χ3v) is 2.44. The lowest BCUT2D eigenvalue weighted by Gasteiger charge is -2.05. The molecule has 5 heteroatoms. The van der Waals surface area contributed by atoms with Crippen molar-refractivity contribution in [2.45, 2.75) is 13.3 Å². The van der Waals surface area contributed by atoms with E-state index in [0.717, 1.165) is 29.6 Å². The minimum absolute atomic E-state index is 0.0266. The molecule has 0 bridgehead atoms. The second-order valence-electron chi connectivity index (χ2n) is 3.90. The third kappa shape index (κ3) is 3.04. The summed E-state index contributed by atoms with van der Waals surface area (Å²) in [5.41, 5.74) is 1.76. The van der Waals surface area contributed by atoms with Crippen LogP contribution < -0.4 is 10.6 Å². The van der Waals surface area contributed by atoms with Crippen LogP contribution in [0.2, 0.25) is 0 Å². The van der Waals surface area contributed by atoms with Gasteiger partial charge in [-0.1, -0.05) is 6.92 Å². The second kappa shape index (κ2) is 5.45. The summed E-state index contributed by atoms with van der Waals surface area (Å²) < 4.78 is 0. The summed E-state index contributed by atoms with van der Waals surface area (Å²) in [4.78, 5) is 11.6. The summed E-state index contributed by atoms with van der Waals surface area (Å²) in [6, 6.07) is 5.66. The highest BCUT2D eigenvalue weighted by atomic mass is 16.1. The fourth-order valence-electron chi connectivity index (χ4n) is 1.60. The zero-order chi connectivity index (χ0) is 12.1. The molecule has 0 unspecified atom stereocenters. The van der Waals surface area contributed by atoms with Gasteiger partial charge in [-0.25, -0.2) is 0 Å². The predicted molar refractivity (Wildman–Crippen MR) is 67.9 cm³/mol. The van der Waals surface area contributed by atoms with Gasteiger partial charge in [-0.3, -0.25) is 9.89 Å². The summed E-state index contributed by atoms with van der Waals surface area (Å²) in [7, 11) is 0. The van der Waals surface area contributed by atoms with Crippen molar-refractivity contribution in [3.8, 4) is 0 Å². The van der Waals surface area contributed by atoms with Crippen LogP contribution in [0.1, 0.15) is 13.3 Å². The van der Waals surface area contributed by atoms with E-state index in [0.29, 0.717) is 6.54 Å². The Balaban J connectivity index is 1.95. The molecule has 0 aliphatic heterocycles. The normalized spacial score (nSPS) is 10.6. The van der Waals surface area contributed by atoms with Crippen molar-refractivity contribution in [3.05, 3.63) is 24.4 Å². The molecule has 1 heterocycles. The number of carbonyl (C=O) groups is 1. The van der Waals surface area contributed by atoms with Gasteiger partial charge < -0.3 is 10.6 Å². The van der Waals surface area contributed by atoms with Crippen molar-refractivity contribution < 1.29 is 4.79 Å². The van der Waals surface area contributed by atoms with E-state index in [4.69, 9.17) is 0 Å². The van der Waals surface area contributed by atoms with E-state index in [-0.39, 0.29) is 5.91 Å². The fourth-order valence-corrected chi connectivity index (χ4v) is 1.60. The van der Waals surface area contributed by atoms with Crippen molar-refractivity contribution >= 4 is 22.5 Å². The molecular weight excluding hydrogens is 216 g/mol. The summed E-state index contributed by atoms with van der Waals surface area (Å²) in [5, 5.41) is 13.7. The summed E-state index contributed by atoms with van der Waals surface area (Å²) in [5.74, 6) is -0.0266. The average Bonchev–Trinajstić information content (AvgIpc) is 2.76. The first-order valence-electron chi connectivity index (χ1n) is 5.73. The monoisotopic (exact) mass is 232 g/mol. The lowest BCUT2D eigenvalue weighted by Crippen LogP contribution is -2.28. The first-order valence-corrected chi connectivity index (χ1v) is 5.73. The smallest absolute Gasteiger partial charge is 0.238 e. The number of nitrogens with zero attached hydrogens (tertiary/aromatic N) is 1. The average molecular weight is 232 g/mol. The van der Waals surface area contributed by atoms with Crippen LogP contribution in [-0.4, -0.2) is 29.2 Å². The van der Waals surface area contributed by atoms with Gasteiger partial charge >= 0.3 is 0 Å². The van der Waals surface area contributed by atoms with Gasteiger partial charge in [-0.15, -0.1) is 0 Å². The topological polar surface area (TPSA) is 69.8 Å². The lowest BCUT2D eigenvalue weighted by atomic mass is 10.2. The van der Waals surface area contributed by atoms with Crippen LogP contribution >= 0.6 is 0 Å². The fraction of sp³-hybridized carbons (Fsp3) is 0.333. The second-order valence-corrected chi connectivity index (χ2v) is 3.90. The van der Waals surface area contributed by atoms with E-state index in [2.05, 4.69) is 27.8 Å². The Bertz CT molecular complexity index is 506. The number of fused-ring (bicyclic) bond motifs is 1. The Hall–Kier alpha value is -1.88. The van der Waals surface area contributed by atoms with E-state index >= 15 is 0 Å². The standard InChI is InChI=1S/C12H16N4O/c1-2-5-13-8-12(17)15-10-3-4-11-9(6-10)7-14-16-11/h3-4,6-7,13H,2,5,8H2,1H3,(H,14,16)(H,15,17). The first-order chi connectivity index (χ1) is 8.29. The molecule has 0 spiro atoms. The van der Waals surface area contributed by atoms with Gasteiger partial charge in [0, 0.05) is 11.1 Å². The number of aromatic nitrogens is 2. The van der Waals surface area contributed by atoms with Crippen molar-refractivity contribution in [2.24, 2.45) is 0 Å². The maximum atomic E-state index is 11.6. The molecule has 0 aliphatic carbocycles. The van der Waals surface area contributed by atoms with Crippen LogP contribution in [0.5, 0.6) is 0 Å². The number of aromatic amines is 1. The molecule has 0 radical (unpaired) electrons. The Morgan fingerprint density at radius 2 is 2.35 bits per heavy atom. The van der Waals surface area contributed by atoms with Crippen molar-refractivity contribution in [1.82, 2.24) is 15.5 Å². The van der Waals surface area contributed by atoms with Crippen LogP contribution in [0.3, 0.4) is 0 Å². The van der Waals surface area contributed by atoms with E-state index < -0.39 is 0 Å². The molecule has 0 atom stereocenters. The maximum absolute atomic E-state index is 11.6. The molecule has 17 heavy (non-hydrogen) atoms. The zero-order valence-corrected chi connectivity index (χ0v) is 9.79. The number of benzene rings is 1. The SMILES string of the molecule is CCCNCC(=O)Nc1ccc2[nH]ncc2c1. The Morgan fingerprint density at radius 3 is 3.18 bits per heavy atom. The molecule has 0 saturated carbocycles. The molecule has 0 fully saturated rings. The lowest BCUT2D eigenvalue weighted by molar-refractivity contribution is -0.115. The van der Waals surface area contributed by atoms with Crippen LogP contribution in [0.4, 0.5) is 5.69 Å². The van der Waals surface area contributed by atoms with Crippen molar-refractivity contribution in [1.29, 1.82) is 0 Å². The number of hydrogen-bond acceptors (Lipinski definition) is 3. The molecule has 2 aromatic rings. The molecule has 0 aliphatic rings. The molecule has 90 valence electrons. The van der Waals surface area contributed by atoms with Gasteiger partial charge in [0.25, 0.3) is 0 Å². The number of nitrogens with one attached hydrogen (secondary N) is 3. The molecule has 1 amide bonds. The van der Waals surface area contributed by atoms with Crippen molar-refractivity contribution in [2.75, 3.05) is 18.4 Å². The highest BCUT2D eigenvalue weighted by Crippen LogP contribution is 2.16. The molecule has 1 aromatic heterocycles. The minimum Gasteiger partial charge on any atom is -0.325 e. The maximum Gasteiger partial charge on any atom is 0.238 e. The van der Waals surface area contributed by atoms with E-state index in [1.165, 1.54) is 0 Å². The molecule has 0 saturated heterocycles. The third-order valence-electron chi connectivity index (χ3n) is 2.44. The number of rotatable bonds is 5. The Kier molecular flexibility index (Phi) is 3.72. The highest BCUT2D eigenvalue weighted by molar-refractivity contribution is 5.94. The predicted octanol–water partition coefficient (Wildman–Crippen LogP) is 1.50. The Labute approximate surface area is 99.6 Å². The summed E-state index contributed by atoms with van der Waals surface area (Å²) in [6.07, 6.45) is 2.76. The van der Waals surface area contributed by atoms with Crippen LogP contribution in [0.15, 0.2) is 24.4 Å². The molecule has 1 aromatic carbocycles. The van der Waals surface area contributed by atoms with Crippen LogP contribution in [-0.2, 0) is 4.79 Å². The van der Waals surface area contributed by atoms with E-state index in [1.807, 2.05) is 18.2 Å². The van der Waals surface area contributed by atoms with Gasteiger partial charge in [-0.05, 0) is 31.2 Å². The Morgan fingerprint density at radius 1 is 1.47 bits per heavy atom. The van der Waals surface area contributed by atoms with Gasteiger partial charge in [0.1, 0.15) is 0 Å². The van der Waals surface area contributed by atoms with Crippen LogP contribution in [0.25, 0.3) is 10.9 Å². The van der Waals surface area contributed by atoms with Gasteiger partial charge in [-0.2, -0.15) is 5.10 Å². The highest BCUT2D eigenvalue weighted by Gasteiger charge is 2.02. The number of carbonyl (C=O) groups excluding carboxylic acids is 1. The zero-order valence-electron chi connectivity index (χ0n) is 9.79. The van der Waals surface area contributed by atoms with E-state index in [1.54, 1.807) is 6.20 Å².